The summed E-state index contributed by atoms with van der Waals surface area (Å²) in [5, 5.41) is 0. The molecule has 0 aromatic heterocycles. The molecule has 0 unspecified atom stereocenters. The molecule has 0 heterocycles. The summed E-state index contributed by atoms with van der Waals surface area (Å²) in [5.41, 5.74) is 0.781. The molecule has 1 aromatic carbocycles. The maximum atomic E-state index is 12.5. The van der Waals surface area contributed by atoms with Crippen molar-refractivity contribution in [3.8, 4) is 0 Å². The summed E-state index contributed by atoms with van der Waals surface area (Å²) < 4.78 is 30.9. The van der Waals surface area contributed by atoms with Gasteiger partial charge in [0.1, 0.15) is 0 Å². The Labute approximate surface area is 123 Å². The number of rotatable bonds is 8. The van der Waals surface area contributed by atoms with E-state index >= 15 is 0 Å². The van der Waals surface area contributed by atoms with Crippen LogP contribution in [0.15, 0.2) is 30.3 Å². The standard InChI is InChI=1S/C15H27O3PS/c1-5-19(6-2,7-3,8-4)18-20(16,17)14-15-12-10-9-11-13-15/h9-13H,5-8,14H2,1-4H3. The zero-order chi connectivity index (χ0) is 15.3. The zero-order valence-corrected chi connectivity index (χ0v) is 14.7. The second-order valence-corrected chi connectivity index (χ2v) is 13.6. The van der Waals surface area contributed by atoms with E-state index in [0.29, 0.717) is 0 Å². The van der Waals surface area contributed by atoms with Gasteiger partial charge in [-0.2, -0.15) is 0 Å². The molecule has 0 atom stereocenters. The van der Waals surface area contributed by atoms with E-state index in [1.165, 1.54) is 0 Å². The molecule has 3 nitrogen and oxygen atoms in total. The van der Waals surface area contributed by atoms with E-state index in [0.717, 1.165) is 30.2 Å². The first-order valence-electron chi connectivity index (χ1n) is 7.33. The molecule has 0 aliphatic rings. The fourth-order valence-corrected chi connectivity index (χ4v) is 10.4. The summed E-state index contributed by atoms with van der Waals surface area (Å²) in [4.78, 5) is 0. The van der Waals surface area contributed by atoms with Gasteiger partial charge in [0.05, 0.1) is 0 Å². The predicted octanol–water partition coefficient (Wildman–Crippen LogP) is 4.08. The van der Waals surface area contributed by atoms with Gasteiger partial charge in [0.2, 0.25) is 0 Å². The van der Waals surface area contributed by atoms with Crippen LogP contribution in [0.3, 0.4) is 0 Å². The molecule has 5 heteroatoms. The van der Waals surface area contributed by atoms with Crippen LogP contribution >= 0.6 is 6.83 Å². The summed E-state index contributed by atoms with van der Waals surface area (Å²) in [5.74, 6) is -0.0360. The second-order valence-electron chi connectivity index (χ2n) is 5.39. The molecule has 1 aromatic rings. The van der Waals surface area contributed by atoms with Crippen LogP contribution < -0.4 is 0 Å². The van der Waals surface area contributed by atoms with Crippen molar-refractivity contribution in [3.05, 3.63) is 35.9 Å². The fraction of sp³-hybridized carbons (Fsp3) is 0.600. The van der Waals surface area contributed by atoms with Crippen molar-refractivity contribution in [1.82, 2.24) is 0 Å². The summed E-state index contributed by atoms with van der Waals surface area (Å²) in [6, 6.07) is 9.23. The van der Waals surface area contributed by atoms with Gasteiger partial charge < -0.3 is 0 Å². The van der Waals surface area contributed by atoms with E-state index < -0.39 is 16.9 Å². The molecule has 0 saturated carbocycles. The first-order valence-corrected chi connectivity index (χ1v) is 11.8. The summed E-state index contributed by atoms with van der Waals surface area (Å²) in [7, 11) is -3.54. The van der Waals surface area contributed by atoms with Gasteiger partial charge >= 0.3 is 123 Å². The Morgan fingerprint density at radius 2 is 1.35 bits per heavy atom. The van der Waals surface area contributed by atoms with Crippen molar-refractivity contribution in [2.75, 3.05) is 24.6 Å². The Hall–Kier alpha value is -0.440. The topological polar surface area (TPSA) is 43.4 Å². The molecule has 0 aliphatic carbocycles. The molecule has 0 amide bonds. The first-order chi connectivity index (χ1) is 9.34. The van der Waals surface area contributed by atoms with Crippen LogP contribution in [0.4, 0.5) is 0 Å². The van der Waals surface area contributed by atoms with Crippen molar-refractivity contribution in [3.63, 3.8) is 0 Å². The van der Waals surface area contributed by atoms with Gasteiger partial charge in [-0.15, -0.1) is 0 Å². The molecule has 0 radical (unpaired) electrons. The zero-order valence-electron chi connectivity index (χ0n) is 13.0. The van der Waals surface area contributed by atoms with Gasteiger partial charge in [0.15, 0.2) is 0 Å². The molecule has 0 aliphatic heterocycles. The quantitative estimate of drug-likeness (QED) is 0.678. The summed E-state index contributed by atoms with van der Waals surface area (Å²) in [6.07, 6.45) is 3.29. The third-order valence-corrected chi connectivity index (χ3v) is 14.4. The third kappa shape index (κ3) is 3.81. The molecule has 1 rings (SSSR count). The van der Waals surface area contributed by atoms with Crippen LogP contribution in [0.25, 0.3) is 0 Å². The predicted molar refractivity (Wildman–Crippen MR) is 89.2 cm³/mol. The Morgan fingerprint density at radius 1 is 0.900 bits per heavy atom. The molecule has 0 saturated heterocycles. The van der Waals surface area contributed by atoms with Crippen LogP contribution in [0, 0.1) is 0 Å². The van der Waals surface area contributed by atoms with Crippen LogP contribution in [0.5, 0.6) is 0 Å². The Morgan fingerprint density at radius 3 is 1.75 bits per heavy atom. The number of hydrogen-bond acceptors (Lipinski definition) is 3. The van der Waals surface area contributed by atoms with Crippen molar-refractivity contribution < 1.29 is 12.4 Å². The minimum absolute atomic E-state index is 0.0360. The van der Waals surface area contributed by atoms with Gasteiger partial charge in [0.25, 0.3) is 0 Å². The summed E-state index contributed by atoms with van der Waals surface area (Å²) >= 11 is 0. The number of hydrogen-bond donors (Lipinski definition) is 0. The molecule has 0 bridgehead atoms. The van der Waals surface area contributed by atoms with E-state index in [4.69, 9.17) is 3.97 Å². The monoisotopic (exact) mass is 318 g/mol. The SMILES string of the molecule is CCP(CC)(CC)(CC)OS(=O)(=O)Cc1ccccc1. The van der Waals surface area contributed by atoms with Crippen LogP contribution in [-0.2, 0) is 19.8 Å². The normalized spacial score (nSPS) is 14.7. The molecule has 0 fully saturated rings. The molecule has 116 valence electrons. The molecule has 20 heavy (non-hydrogen) atoms. The van der Waals surface area contributed by atoms with Gasteiger partial charge in [-0.3, -0.25) is 0 Å². The van der Waals surface area contributed by atoms with Gasteiger partial charge in [-0.1, -0.05) is 0 Å². The average molecular weight is 318 g/mol. The van der Waals surface area contributed by atoms with Crippen LogP contribution in [0.1, 0.15) is 33.3 Å². The summed E-state index contributed by atoms with van der Waals surface area (Å²) in [6.45, 7) is 5.65. The van der Waals surface area contributed by atoms with Crippen molar-refractivity contribution >= 4 is 16.9 Å². The molecule has 0 spiro atoms. The maximum absolute atomic E-state index is 12.5. The Balaban J connectivity index is 3.05. The van der Waals surface area contributed by atoms with E-state index in [1.807, 2.05) is 30.3 Å². The van der Waals surface area contributed by atoms with Crippen molar-refractivity contribution in [2.45, 2.75) is 33.4 Å². The van der Waals surface area contributed by atoms with Gasteiger partial charge in [-0.25, -0.2) is 0 Å². The van der Waals surface area contributed by atoms with Gasteiger partial charge in [-0.05, 0) is 0 Å². The second kappa shape index (κ2) is 6.55. The van der Waals surface area contributed by atoms with Crippen LogP contribution in [0.2, 0.25) is 0 Å². The van der Waals surface area contributed by atoms with Gasteiger partial charge in [0, 0.05) is 0 Å². The Kier molecular flexibility index (Phi) is 5.77. The first kappa shape index (κ1) is 17.6. The van der Waals surface area contributed by atoms with Crippen LogP contribution in [-0.4, -0.2) is 33.1 Å². The fourth-order valence-electron chi connectivity index (χ4n) is 2.68. The van der Waals surface area contributed by atoms with E-state index in [1.54, 1.807) is 0 Å². The van der Waals surface area contributed by atoms with E-state index in [2.05, 4.69) is 27.7 Å². The number of benzene rings is 1. The van der Waals surface area contributed by atoms with Crippen molar-refractivity contribution in [2.24, 2.45) is 0 Å². The van der Waals surface area contributed by atoms with E-state index in [-0.39, 0.29) is 5.75 Å². The van der Waals surface area contributed by atoms with Crippen molar-refractivity contribution in [1.29, 1.82) is 0 Å². The minimum atomic E-state index is -3.54. The molecular weight excluding hydrogens is 291 g/mol. The van der Waals surface area contributed by atoms with E-state index in [9.17, 15) is 8.42 Å². The molecule has 0 N–H and O–H groups in total. The molecular formula is C15H27O3PS. The Bertz CT molecular complexity index is 498. The third-order valence-electron chi connectivity index (χ3n) is 4.71. The average Bonchev–Trinajstić information content (AvgIpc) is 2.46.